The Hall–Kier alpha value is -3.57. The van der Waals surface area contributed by atoms with Crippen molar-refractivity contribution in [1.29, 1.82) is 0 Å². The molecule has 0 aliphatic carbocycles. The first-order chi connectivity index (χ1) is 17.1. The fourth-order valence-electron chi connectivity index (χ4n) is 3.52. The van der Waals surface area contributed by atoms with Crippen LogP contribution in [0.5, 0.6) is 5.75 Å². The molecule has 4 rings (SSSR count). The molecule has 2 N–H and O–H groups in total. The zero-order valence-electron chi connectivity index (χ0n) is 19.0. The molecule has 0 spiro atoms. The van der Waals surface area contributed by atoms with Crippen molar-refractivity contribution in [2.45, 2.75) is 26.6 Å². The Bertz CT molecular complexity index is 1420. The standard InChI is InChI=1S/C23H19Cl2F3N6O2/c1-3-34-17-9-18(36-4-2)13(21(35)32-19-7-12(5-6-30-19)23(26,27)28)8-16(17)31-22(34)33-20-14(24)10-29-11-15(20)25/h5-11H,3-4H2,1-2H3,(H,29,31,33)(H,30,32,35). The second-order valence-electron chi connectivity index (χ2n) is 7.43. The molecule has 188 valence electrons. The van der Waals surface area contributed by atoms with E-state index in [9.17, 15) is 18.0 Å². The molecule has 0 saturated carbocycles. The third-order valence-electron chi connectivity index (χ3n) is 5.13. The maximum Gasteiger partial charge on any atom is 0.416 e. The van der Waals surface area contributed by atoms with Crippen molar-refractivity contribution in [2.24, 2.45) is 0 Å². The largest absolute Gasteiger partial charge is 0.493 e. The van der Waals surface area contributed by atoms with E-state index in [1.165, 1.54) is 18.5 Å². The van der Waals surface area contributed by atoms with E-state index in [1.807, 2.05) is 11.5 Å². The Morgan fingerprint density at radius 2 is 1.86 bits per heavy atom. The lowest BCUT2D eigenvalue weighted by molar-refractivity contribution is -0.137. The second kappa shape index (κ2) is 10.2. The number of halogens is 5. The molecule has 13 heteroatoms. The average molecular weight is 539 g/mol. The molecule has 3 aromatic heterocycles. The number of amides is 1. The number of benzene rings is 1. The van der Waals surface area contributed by atoms with Crippen LogP contribution in [0.25, 0.3) is 11.0 Å². The average Bonchev–Trinajstić information content (AvgIpc) is 3.17. The highest BCUT2D eigenvalue weighted by Gasteiger charge is 2.31. The van der Waals surface area contributed by atoms with Crippen molar-refractivity contribution in [3.63, 3.8) is 0 Å². The van der Waals surface area contributed by atoms with E-state index in [-0.39, 0.29) is 23.7 Å². The molecule has 0 radical (unpaired) electrons. The van der Waals surface area contributed by atoms with Crippen LogP contribution in [0.15, 0.2) is 42.9 Å². The molecular formula is C23H19Cl2F3N6O2. The molecule has 0 aliphatic rings. The highest BCUT2D eigenvalue weighted by atomic mass is 35.5. The number of fused-ring (bicyclic) bond motifs is 1. The van der Waals surface area contributed by atoms with Crippen LogP contribution in [-0.2, 0) is 12.7 Å². The fourth-order valence-corrected chi connectivity index (χ4v) is 3.98. The fraction of sp³-hybridized carbons (Fsp3) is 0.217. The van der Waals surface area contributed by atoms with Gasteiger partial charge in [-0.05, 0) is 32.0 Å². The lowest BCUT2D eigenvalue weighted by atomic mass is 10.1. The Balaban J connectivity index is 1.74. The molecule has 3 heterocycles. The van der Waals surface area contributed by atoms with Crippen LogP contribution >= 0.6 is 23.2 Å². The Morgan fingerprint density at radius 1 is 1.14 bits per heavy atom. The molecule has 36 heavy (non-hydrogen) atoms. The van der Waals surface area contributed by atoms with Crippen LogP contribution in [0.1, 0.15) is 29.8 Å². The predicted molar refractivity (Wildman–Crippen MR) is 131 cm³/mol. The normalized spacial score (nSPS) is 11.5. The smallest absolute Gasteiger partial charge is 0.416 e. The summed E-state index contributed by atoms with van der Waals surface area (Å²) >= 11 is 12.5. The van der Waals surface area contributed by atoms with Gasteiger partial charge in [0.2, 0.25) is 5.95 Å². The molecule has 0 saturated heterocycles. The van der Waals surface area contributed by atoms with Crippen molar-refractivity contribution in [3.8, 4) is 5.75 Å². The Labute approximate surface area is 213 Å². The number of aryl methyl sites for hydroxylation is 1. The third kappa shape index (κ3) is 5.17. The van der Waals surface area contributed by atoms with Gasteiger partial charge in [0, 0.05) is 31.2 Å². The quantitative estimate of drug-likeness (QED) is 0.276. The molecule has 0 bridgehead atoms. The number of carbonyl (C=O) groups excluding carboxylic acids is 1. The SMILES string of the molecule is CCOc1cc2c(cc1C(=O)Nc1cc(C(F)(F)F)ccn1)nc(Nc1c(Cl)cncc1Cl)n2CC. The van der Waals surface area contributed by atoms with E-state index < -0.39 is 17.6 Å². The van der Waals surface area contributed by atoms with Crippen LogP contribution in [0, 0.1) is 0 Å². The molecule has 0 aliphatic heterocycles. The van der Waals surface area contributed by atoms with Gasteiger partial charge in [-0.2, -0.15) is 13.2 Å². The van der Waals surface area contributed by atoms with Crippen LogP contribution in [-0.4, -0.2) is 32.0 Å². The lowest BCUT2D eigenvalue weighted by Gasteiger charge is -2.13. The van der Waals surface area contributed by atoms with Crippen molar-refractivity contribution in [1.82, 2.24) is 19.5 Å². The number of hydrogen-bond acceptors (Lipinski definition) is 6. The number of pyridine rings is 2. The zero-order chi connectivity index (χ0) is 26.0. The zero-order valence-corrected chi connectivity index (χ0v) is 20.5. The number of imidazole rings is 1. The van der Waals surface area contributed by atoms with E-state index in [1.54, 1.807) is 13.0 Å². The molecular weight excluding hydrogens is 520 g/mol. The van der Waals surface area contributed by atoms with E-state index in [4.69, 9.17) is 27.9 Å². The first-order valence-electron chi connectivity index (χ1n) is 10.7. The van der Waals surface area contributed by atoms with Gasteiger partial charge in [-0.3, -0.25) is 9.78 Å². The maximum atomic E-state index is 13.1. The van der Waals surface area contributed by atoms with Crippen LogP contribution in [0.2, 0.25) is 10.0 Å². The van der Waals surface area contributed by atoms with Gasteiger partial charge in [0.25, 0.3) is 5.91 Å². The Kier molecular flexibility index (Phi) is 7.23. The van der Waals surface area contributed by atoms with Crippen molar-refractivity contribution in [3.05, 3.63) is 64.0 Å². The summed E-state index contributed by atoms with van der Waals surface area (Å²) in [5, 5.41) is 6.09. The number of carbonyl (C=O) groups is 1. The van der Waals surface area contributed by atoms with Gasteiger partial charge in [0.15, 0.2) is 0 Å². The first-order valence-corrected chi connectivity index (χ1v) is 11.5. The van der Waals surface area contributed by atoms with Crippen LogP contribution in [0.4, 0.5) is 30.6 Å². The van der Waals surface area contributed by atoms with Crippen molar-refractivity contribution < 1.29 is 22.7 Å². The van der Waals surface area contributed by atoms with E-state index in [0.29, 0.717) is 39.3 Å². The summed E-state index contributed by atoms with van der Waals surface area (Å²) in [6.45, 7) is 4.41. The first kappa shape index (κ1) is 25.5. The minimum Gasteiger partial charge on any atom is -0.493 e. The number of hydrogen-bond donors (Lipinski definition) is 2. The third-order valence-corrected chi connectivity index (χ3v) is 5.70. The van der Waals surface area contributed by atoms with Gasteiger partial charge in [0.05, 0.1) is 44.5 Å². The summed E-state index contributed by atoms with van der Waals surface area (Å²) in [4.78, 5) is 25.4. The monoisotopic (exact) mass is 538 g/mol. The molecule has 0 atom stereocenters. The maximum absolute atomic E-state index is 13.1. The summed E-state index contributed by atoms with van der Waals surface area (Å²) in [6, 6.07) is 4.72. The van der Waals surface area contributed by atoms with Crippen LogP contribution in [0.3, 0.4) is 0 Å². The van der Waals surface area contributed by atoms with E-state index in [0.717, 1.165) is 18.3 Å². The number of nitrogens with zero attached hydrogens (tertiary/aromatic N) is 4. The van der Waals surface area contributed by atoms with Gasteiger partial charge in [-0.25, -0.2) is 9.97 Å². The summed E-state index contributed by atoms with van der Waals surface area (Å²) in [5.41, 5.74) is 0.650. The number of alkyl halides is 3. The summed E-state index contributed by atoms with van der Waals surface area (Å²) in [7, 11) is 0. The van der Waals surface area contributed by atoms with E-state index in [2.05, 4.69) is 25.6 Å². The molecule has 1 amide bonds. The number of aromatic nitrogens is 4. The molecule has 8 nitrogen and oxygen atoms in total. The molecule has 0 fully saturated rings. The van der Waals surface area contributed by atoms with Crippen molar-refractivity contribution in [2.75, 3.05) is 17.2 Å². The molecule has 4 aromatic rings. The second-order valence-corrected chi connectivity index (χ2v) is 8.25. The van der Waals surface area contributed by atoms with Gasteiger partial charge < -0.3 is 19.9 Å². The highest BCUT2D eigenvalue weighted by molar-refractivity contribution is 6.39. The van der Waals surface area contributed by atoms with Gasteiger partial charge >= 0.3 is 6.18 Å². The van der Waals surface area contributed by atoms with Gasteiger partial charge in [-0.1, -0.05) is 23.2 Å². The summed E-state index contributed by atoms with van der Waals surface area (Å²) in [6.07, 6.45) is -0.728. The van der Waals surface area contributed by atoms with Crippen LogP contribution < -0.4 is 15.4 Å². The lowest BCUT2D eigenvalue weighted by Crippen LogP contribution is -2.16. The Morgan fingerprint density at radius 3 is 2.50 bits per heavy atom. The topological polar surface area (TPSA) is 94.0 Å². The number of rotatable bonds is 7. The molecule has 0 unspecified atom stereocenters. The number of anilines is 3. The highest BCUT2D eigenvalue weighted by Crippen LogP contribution is 2.35. The predicted octanol–water partition coefficient (Wildman–Crippen LogP) is 6.57. The summed E-state index contributed by atoms with van der Waals surface area (Å²) < 4.78 is 46.7. The summed E-state index contributed by atoms with van der Waals surface area (Å²) in [5.74, 6) is -0.314. The van der Waals surface area contributed by atoms with Gasteiger partial charge in [0.1, 0.15) is 11.6 Å². The number of ether oxygens (including phenoxy) is 1. The minimum absolute atomic E-state index is 0.0795. The van der Waals surface area contributed by atoms with E-state index >= 15 is 0 Å². The van der Waals surface area contributed by atoms with Gasteiger partial charge in [-0.15, -0.1) is 0 Å². The molecule has 1 aromatic carbocycles. The number of nitrogens with one attached hydrogen (secondary N) is 2. The minimum atomic E-state index is -4.57. The van der Waals surface area contributed by atoms with Crippen molar-refractivity contribution >= 4 is 57.6 Å².